The van der Waals surface area contributed by atoms with Gasteiger partial charge in [0.25, 0.3) is 0 Å². The van der Waals surface area contributed by atoms with Crippen LogP contribution in [0.15, 0.2) is 116 Å². The van der Waals surface area contributed by atoms with E-state index in [9.17, 15) is 19.2 Å². The fourth-order valence-electron chi connectivity index (χ4n) is 5.16. The molecule has 0 radical (unpaired) electrons. The number of hydrogen-bond acceptors (Lipinski definition) is 8. The quantitative estimate of drug-likeness (QED) is 0.163. The fourth-order valence-corrected chi connectivity index (χ4v) is 5.16. The lowest BCUT2D eigenvalue weighted by Gasteiger charge is -2.09. The van der Waals surface area contributed by atoms with Crippen molar-refractivity contribution < 1.29 is 27.9 Å². The molecular formula is C36H24O8. The van der Waals surface area contributed by atoms with Crippen LogP contribution in [0.1, 0.15) is 11.1 Å². The van der Waals surface area contributed by atoms with Crippen molar-refractivity contribution in [1.82, 2.24) is 0 Å². The number of carbonyl (C=O) groups is 2. The molecule has 0 aliphatic carbocycles. The molecule has 1 heterocycles. The van der Waals surface area contributed by atoms with E-state index in [1.165, 1.54) is 38.5 Å². The summed E-state index contributed by atoms with van der Waals surface area (Å²) in [5.74, 6) is -0.961. The van der Waals surface area contributed by atoms with Gasteiger partial charge in [-0.3, -0.25) is 0 Å². The fraction of sp³-hybridized carbons (Fsp3) is 0.0556. The predicted molar refractivity (Wildman–Crippen MR) is 171 cm³/mol. The maximum Gasteiger partial charge on any atom is 0.344 e. The van der Waals surface area contributed by atoms with Crippen LogP contribution in [0.5, 0.6) is 0 Å². The van der Waals surface area contributed by atoms with Crippen molar-refractivity contribution in [3.63, 3.8) is 0 Å². The summed E-state index contributed by atoms with van der Waals surface area (Å²) in [5, 5.41) is 4.27. The highest BCUT2D eigenvalue weighted by Crippen LogP contribution is 2.35. The molecule has 1 aromatic heterocycles. The van der Waals surface area contributed by atoms with E-state index in [1.54, 1.807) is 36.4 Å². The zero-order valence-corrected chi connectivity index (χ0v) is 23.7. The van der Waals surface area contributed by atoms with E-state index >= 15 is 0 Å². The van der Waals surface area contributed by atoms with E-state index in [2.05, 4.69) is 0 Å². The average Bonchev–Trinajstić information content (AvgIpc) is 3.05. The van der Waals surface area contributed by atoms with E-state index < -0.39 is 23.2 Å². The summed E-state index contributed by atoms with van der Waals surface area (Å²) in [6, 6.07) is 24.5. The molecule has 216 valence electrons. The number of ether oxygens (including phenoxy) is 2. The van der Waals surface area contributed by atoms with Gasteiger partial charge in [-0.15, -0.1) is 0 Å². The summed E-state index contributed by atoms with van der Waals surface area (Å²) in [6.07, 6.45) is 5.94. The topological polar surface area (TPSA) is 113 Å². The van der Waals surface area contributed by atoms with Crippen molar-refractivity contribution in [3.8, 4) is 0 Å². The Morgan fingerprint density at radius 1 is 0.568 bits per heavy atom. The van der Waals surface area contributed by atoms with Gasteiger partial charge in [0.05, 0.1) is 25.0 Å². The number of rotatable bonds is 4. The number of carbonyl (C=O) groups excluding carboxylic acids is 2. The zero-order valence-electron chi connectivity index (χ0n) is 23.7. The van der Waals surface area contributed by atoms with Crippen LogP contribution in [0.4, 0.5) is 0 Å². The molecule has 0 atom stereocenters. The number of fused-ring (bicyclic) bond motifs is 8. The van der Waals surface area contributed by atoms with Crippen LogP contribution in [0.2, 0.25) is 0 Å². The average molecular weight is 585 g/mol. The van der Waals surface area contributed by atoms with Crippen molar-refractivity contribution in [2.75, 3.05) is 14.2 Å². The summed E-state index contributed by atoms with van der Waals surface area (Å²) in [7, 11) is 2.62. The molecule has 8 nitrogen and oxygen atoms in total. The van der Waals surface area contributed by atoms with Crippen LogP contribution in [0.25, 0.3) is 66.4 Å². The Balaban J connectivity index is 1.80. The van der Waals surface area contributed by atoms with Gasteiger partial charge in [-0.25, -0.2) is 19.2 Å². The molecule has 0 fully saturated rings. The Morgan fingerprint density at radius 2 is 1.00 bits per heavy atom. The monoisotopic (exact) mass is 584 g/mol. The normalized spacial score (nSPS) is 11.6. The largest absolute Gasteiger partial charge is 0.466 e. The first kappa shape index (κ1) is 28.1. The van der Waals surface area contributed by atoms with E-state index in [-0.39, 0.29) is 21.9 Å². The minimum absolute atomic E-state index is 0.0816. The van der Waals surface area contributed by atoms with E-state index in [0.29, 0.717) is 10.8 Å². The Bertz CT molecular complexity index is 2220. The summed E-state index contributed by atoms with van der Waals surface area (Å²) in [5.41, 5.74) is 0.651. The predicted octanol–water partition coefficient (Wildman–Crippen LogP) is 6.86. The van der Waals surface area contributed by atoms with Crippen molar-refractivity contribution in [2.45, 2.75) is 0 Å². The molecule has 0 aliphatic heterocycles. The summed E-state index contributed by atoms with van der Waals surface area (Å²) >= 11 is 0. The maximum absolute atomic E-state index is 13.4. The van der Waals surface area contributed by atoms with Crippen LogP contribution in [-0.2, 0) is 19.1 Å². The molecule has 44 heavy (non-hydrogen) atoms. The van der Waals surface area contributed by atoms with Crippen LogP contribution in [0, 0.1) is 0 Å². The van der Waals surface area contributed by atoms with Crippen molar-refractivity contribution in [2.24, 2.45) is 0 Å². The molecular weight excluding hydrogens is 560 g/mol. The van der Waals surface area contributed by atoms with Gasteiger partial charge in [0.1, 0.15) is 11.2 Å². The lowest BCUT2D eigenvalue weighted by molar-refractivity contribution is -0.135. The molecule has 0 bridgehead atoms. The number of methoxy groups -OCH3 is 2. The Labute approximate surface area is 249 Å². The molecule has 5 aromatic carbocycles. The third-order valence-electron chi connectivity index (χ3n) is 7.26. The Morgan fingerprint density at radius 3 is 1.41 bits per heavy atom. The standard InChI is InChI=1S/C36H24O8/c1-41-31(37)17-9-21-7-13-25-23(19-21)11-15-29-33(25)34-26-14-8-22(10-18-32(38)42-2)20-24(26)12-16-30(34)44-36(40)28-6-4-3-5-27(28)35(39)43-29/h3-20H,1-2H3/b17-9+,18-10+. The molecule has 0 saturated carbocycles. The van der Waals surface area contributed by atoms with E-state index in [1.807, 2.05) is 48.5 Å². The molecule has 0 unspecified atom stereocenters. The second-order valence-corrected chi connectivity index (χ2v) is 9.88. The third-order valence-corrected chi connectivity index (χ3v) is 7.26. The second kappa shape index (κ2) is 11.7. The molecule has 0 N–H and O–H groups in total. The molecule has 6 aromatic rings. The lowest BCUT2D eigenvalue weighted by atomic mass is 9.96. The molecule has 0 amide bonds. The zero-order chi connectivity index (χ0) is 30.8. The summed E-state index contributed by atoms with van der Waals surface area (Å²) in [6.45, 7) is 0. The van der Waals surface area contributed by atoms with Gasteiger partial charge in [-0.05, 0) is 81.2 Å². The molecule has 0 aliphatic rings. The van der Waals surface area contributed by atoms with Crippen molar-refractivity contribution in [1.29, 1.82) is 0 Å². The summed E-state index contributed by atoms with van der Waals surface area (Å²) < 4.78 is 21.4. The van der Waals surface area contributed by atoms with Crippen LogP contribution < -0.4 is 11.3 Å². The number of benzene rings is 5. The molecule has 8 heteroatoms. The van der Waals surface area contributed by atoms with E-state index in [4.69, 9.17) is 18.3 Å². The molecule has 0 saturated heterocycles. The van der Waals surface area contributed by atoms with Crippen molar-refractivity contribution in [3.05, 3.63) is 129 Å². The summed E-state index contributed by atoms with van der Waals surface area (Å²) in [4.78, 5) is 50.2. The van der Waals surface area contributed by atoms with Gasteiger partial charge in [-0.2, -0.15) is 0 Å². The Kier molecular flexibility index (Phi) is 7.47. The second-order valence-electron chi connectivity index (χ2n) is 9.88. The molecule has 6 rings (SSSR count). The van der Waals surface area contributed by atoms with Gasteiger partial charge in [-0.1, -0.05) is 48.5 Å². The highest BCUT2D eigenvalue weighted by Gasteiger charge is 2.13. The van der Waals surface area contributed by atoms with Gasteiger partial charge in [0.2, 0.25) is 0 Å². The van der Waals surface area contributed by atoms with Crippen LogP contribution in [-0.4, -0.2) is 26.2 Å². The number of esters is 2. The van der Waals surface area contributed by atoms with Gasteiger partial charge < -0.3 is 18.3 Å². The first-order valence-corrected chi connectivity index (χ1v) is 13.6. The van der Waals surface area contributed by atoms with Crippen molar-refractivity contribution >= 4 is 78.3 Å². The van der Waals surface area contributed by atoms with Gasteiger partial charge in [0, 0.05) is 22.9 Å². The van der Waals surface area contributed by atoms with Gasteiger partial charge in [0.15, 0.2) is 0 Å². The molecule has 0 spiro atoms. The lowest BCUT2D eigenvalue weighted by Crippen LogP contribution is -2.03. The first-order valence-electron chi connectivity index (χ1n) is 13.6. The third kappa shape index (κ3) is 5.32. The number of hydrogen-bond donors (Lipinski definition) is 0. The Hall–Kier alpha value is -6.02. The highest BCUT2D eigenvalue weighted by atomic mass is 16.5. The van der Waals surface area contributed by atoms with Crippen LogP contribution in [0.3, 0.4) is 0 Å². The SMILES string of the molecule is COC(=O)/C=C/c1ccc2c(ccc3oc(=O)c4ccccc4c(=O)oc4ccc5cc(/C=C/C(=O)OC)ccc5c4c32)c1. The minimum atomic E-state index is -0.699. The highest BCUT2D eigenvalue weighted by molar-refractivity contribution is 6.24. The smallest absolute Gasteiger partial charge is 0.344 e. The minimum Gasteiger partial charge on any atom is -0.466 e. The van der Waals surface area contributed by atoms with Crippen LogP contribution >= 0.6 is 0 Å². The van der Waals surface area contributed by atoms with Gasteiger partial charge >= 0.3 is 23.2 Å². The van der Waals surface area contributed by atoms with E-state index in [0.717, 1.165) is 32.7 Å². The maximum atomic E-state index is 13.4. The first-order chi connectivity index (χ1) is 21.4.